The van der Waals surface area contributed by atoms with Gasteiger partial charge in [0.15, 0.2) is 6.04 Å². The summed E-state index contributed by atoms with van der Waals surface area (Å²) in [5, 5.41) is 2.40. The Bertz CT molecular complexity index is 1150. The van der Waals surface area contributed by atoms with Gasteiger partial charge >= 0.3 is 5.97 Å². The molecule has 3 aromatic rings. The normalized spacial score (nSPS) is 22.9. The zero-order chi connectivity index (χ0) is 20.9. The highest BCUT2D eigenvalue weighted by atomic mass is 16.6. The Balaban J connectivity index is 1.66. The first-order valence-electron chi connectivity index (χ1n) is 10.8. The van der Waals surface area contributed by atoms with Crippen molar-refractivity contribution in [2.75, 3.05) is 0 Å². The molecule has 3 atom stereocenters. The van der Waals surface area contributed by atoms with E-state index < -0.39 is 11.6 Å². The Hall–Kier alpha value is -2.94. The second-order valence-electron chi connectivity index (χ2n) is 9.39. The highest BCUT2D eigenvalue weighted by molar-refractivity contribution is 6.08. The lowest BCUT2D eigenvalue weighted by Crippen LogP contribution is -2.35. The summed E-state index contributed by atoms with van der Waals surface area (Å²) in [7, 11) is 0. The van der Waals surface area contributed by atoms with Crippen molar-refractivity contribution in [1.82, 2.24) is 0 Å². The highest BCUT2D eigenvalue weighted by Crippen LogP contribution is 2.46. The SMILES string of the molecule is CC(C)(C)OC(=O)[C@@H]1N=C2c3ccccc3CC[C@@H]2[C@H]1c1cccc2ccccc12. The molecule has 2 aliphatic rings. The van der Waals surface area contributed by atoms with Crippen LogP contribution in [0.4, 0.5) is 0 Å². The molecule has 0 aromatic heterocycles. The Morgan fingerprint density at radius 3 is 2.53 bits per heavy atom. The van der Waals surface area contributed by atoms with Gasteiger partial charge in [-0.15, -0.1) is 0 Å². The highest BCUT2D eigenvalue weighted by Gasteiger charge is 2.47. The minimum atomic E-state index is -0.535. The van der Waals surface area contributed by atoms with Crippen LogP contribution in [0.5, 0.6) is 0 Å². The van der Waals surface area contributed by atoms with Gasteiger partial charge in [-0.2, -0.15) is 0 Å². The van der Waals surface area contributed by atoms with Crippen molar-refractivity contribution in [2.45, 2.75) is 51.2 Å². The molecule has 0 spiro atoms. The molecule has 0 saturated heterocycles. The van der Waals surface area contributed by atoms with Gasteiger partial charge in [0.1, 0.15) is 5.60 Å². The van der Waals surface area contributed by atoms with Crippen molar-refractivity contribution in [3.63, 3.8) is 0 Å². The fraction of sp³-hybridized carbons (Fsp3) is 0.333. The van der Waals surface area contributed by atoms with Crippen LogP contribution in [0, 0.1) is 5.92 Å². The number of carbonyl (C=O) groups excluding carboxylic acids is 1. The lowest BCUT2D eigenvalue weighted by molar-refractivity contribution is -0.156. The third kappa shape index (κ3) is 3.23. The molecule has 3 nitrogen and oxygen atoms in total. The summed E-state index contributed by atoms with van der Waals surface area (Å²) in [5.41, 5.74) is 4.27. The first-order chi connectivity index (χ1) is 14.4. The van der Waals surface area contributed by atoms with Crippen molar-refractivity contribution >= 4 is 22.5 Å². The molecule has 1 aliphatic heterocycles. The summed E-state index contributed by atoms with van der Waals surface area (Å²) in [5.74, 6) is -0.00246. The Morgan fingerprint density at radius 2 is 1.70 bits per heavy atom. The summed E-state index contributed by atoms with van der Waals surface area (Å²) < 4.78 is 5.83. The predicted molar refractivity (Wildman–Crippen MR) is 121 cm³/mol. The minimum Gasteiger partial charge on any atom is -0.458 e. The Labute approximate surface area is 177 Å². The van der Waals surface area contributed by atoms with Crippen molar-refractivity contribution in [2.24, 2.45) is 10.9 Å². The third-order valence-corrected chi connectivity index (χ3v) is 6.25. The molecule has 3 aromatic carbocycles. The van der Waals surface area contributed by atoms with Crippen molar-refractivity contribution in [1.29, 1.82) is 0 Å². The van der Waals surface area contributed by atoms with Crippen LogP contribution in [0.2, 0.25) is 0 Å². The van der Waals surface area contributed by atoms with Gasteiger partial charge in [0.05, 0.1) is 0 Å². The maximum atomic E-state index is 13.3. The zero-order valence-corrected chi connectivity index (χ0v) is 17.8. The molecule has 1 aliphatic carbocycles. The van der Waals surface area contributed by atoms with Crippen molar-refractivity contribution < 1.29 is 9.53 Å². The van der Waals surface area contributed by atoms with Gasteiger partial charge in [0.2, 0.25) is 0 Å². The van der Waals surface area contributed by atoms with E-state index in [1.54, 1.807) is 0 Å². The van der Waals surface area contributed by atoms with Crippen molar-refractivity contribution in [3.05, 3.63) is 83.4 Å². The van der Waals surface area contributed by atoms with E-state index in [-0.39, 0.29) is 17.8 Å². The number of hydrogen-bond acceptors (Lipinski definition) is 3. The lowest BCUT2D eigenvalue weighted by Gasteiger charge is -2.30. The number of hydrogen-bond donors (Lipinski definition) is 0. The van der Waals surface area contributed by atoms with Crippen LogP contribution in [-0.4, -0.2) is 23.3 Å². The van der Waals surface area contributed by atoms with Crippen LogP contribution in [0.3, 0.4) is 0 Å². The van der Waals surface area contributed by atoms with Crippen molar-refractivity contribution in [3.8, 4) is 0 Å². The number of nitrogens with zero attached hydrogens (tertiary/aromatic N) is 1. The number of fused-ring (bicyclic) bond motifs is 4. The molecule has 0 amide bonds. The van der Waals surface area contributed by atoms with Gasteiger partial charge in [-0.1, -0.05) is 66.7 Å². The average Bonchev–Trinajstić information content (AvgIpc) is 3.12. The summed E-state index contributed by atoms with van der Waals surface area (Å²) in [6.45, 7) is 5.76. The molecule has 0 N–H and O–H groups in total. The van der Waals surface area contributed by atoms with E-state index in [2.05, 4.69) is 66.7 Å². The van der Waals surface area contributed by atoms with Gasteiger partial charge in [-0.05, 0) is 61.1 Å². The average molecular weight is 398 g/mol. The maximum Gasteiger partial charge on any atom is 0.332 e. The quantitative estimate of drug-likeness (QED) is 0.520. The van der Waals surface area contributed by atoms with Gasteiger partial charge in [-0.3, -0.25) is 4.99 Å². The summed E-state index contributed by atoms with van der Waals surface area (Å²) in [6, 6.07) is 22.8. The maximum absolute atomic E-state index is 13.3. The number of carbonyl (C=O) groups is 1. The van der Waals surface area contributed by atoms with E-state index in [1.807, 2.05) is 20.8 Å². The smallest absolute Gasteiger partial charge is 0.332 e. The summed E-state index contributed by atoms with van der Waals surface area (Å²) in [4.78, 5) is 18.3. The minimum absolute atomic E-state index is 0.00527. The second kappa shape index (κ2) is 7.09. The molecule has 0 bridgehead atoms. The van der Waals surface area contributed by atoms with Gasteiger partial charge in [0, 0.05) is 17.5 Å². The first-order valence-corrected chi connectivity index (χ1v) is 10.8. The molecule has 0 radical (unpaired) electrons. The number of aliphatic imine (C=N–C) groups is 1. The van der Waals surface area contributed by atoms with Crippen LogP contribution < -0.4 is 0 Å². The van der Waals surface area contributed by atoms with Gasteiger partial charge < -0.3 is 4.74 Å². The molecule has 0 fully saturated rings. The molecule has 30 heavy (non-hydrogen) atoms. The second-order valence-corrected chi connectivity index (χ2v) is 9.39. The molecular formula is C27H27NO2. The topological polar surface area (TPSA) is 38.7 Å². The molecule has 3 heteroatoms. The van der Waals surface area contributed by atoms with Crippen LogP contribution in [-0.2, 0) is 16.0 Å². The van der Waals surface area contributed by atoms with E-state index in [9.17, 15) is 4.79 Å². The van der Waals surface area contributed by atoms with Crippen LogP contribution in [0.25, 0.3) is 10.8 Å². The number of ether oxygens (including phenoxy) is 1. The molecular weight excluding hydrogens is 370 g/mol. The fourth-order valence-electron chi connectivity index (χ4n) is 5.09. The summed E-state index contributed by atoms with van der Waals surface area (Å²) in [6.07, 6.45) is 2.02. The molecule has 152 valence electrons. The number of aryl methyl sites for hydroxylation is 1. The fourth-order valence-corrected chi connectivity index (χ4v) is 5.09. The van der Waals surface area contributed by atoms with E-state index in [4.69, 9.17) is 9.73 Å². The zero-order valence-electron chi connectivity index (χ0n) is 17.8. The third-order valence-electron chi connectivity index (χ3n) is 6.25. The number of benzene rings is 3. The van der Waals surface area contributed by atoms with E-state index in [0.717, 1.165) is 18.6 Å². The van der Waals surface area contributed by atoms with E-state index >= 15 is 0 Å². The molecule has 0 unspecified atom stereocenters. The standard InChI is InChI=1S/C27H27NO2/c1-27(2,3)30-26(29)25-23(21-14-8-11-17-9-4-6-12-19(17)21)22-16-15-18-10-5-7-13-20(18)24(22)28-25/h4-14,22-23,25H,15-16H2,1-3H3/t22-,23-,25-/m1/s1. The van der Waals surface area contributed by atoms with E-state index in [1.165, 1.54) is 27.5 Å². The number of rotatable bonds is 2. The summed E-state index contributed by atoms with van der Waals surface area (Å²) >= 11 is 0. The first kappa shape index (κ1) is 19.0. The van der Waals surface area contributed by atoms with Gasteiger partial charge in [-0.25, -0.2) is 4.79 Å². The predicted octanol–water partition coefficient (Wildman–Crippen LogP) is 5.70. The van der Waals surface area contributed by atoms with Crippen LogP contribution >= 0.6 is 0 Å². The van der Waals surface area contributed by atoms with E-state index in [0.29, 0.717) is 0 Å². The molecule has 5 rings (SSSR count). The molecule has 0 saturated carbocycles. The Kier molecular flexibility index (Phi) is 4.50. The number of esters is 1. The largest absolute Gasteiger partial charge is 0.458 e. The Morgan fingerprint density at radius 1 is 0.967 bits per heavy atom. The molecule has 1 heterocycles. The van der Waals surface area contributed by atoms with Gasteiger partial charge in [0.25, 0.3) is 0 Å². The monoisotopic (exact) mass is 397 g/mol. The van der Waals surface area contributed by atoms with Crippen LogP contribution in [0.15, 0.2) is 71.7 Å². The van der Waals surface area contributed by atoms with Crippen LogP contribution in [0.1, 0.15) is 49.8 Å². The lowest BCUT2D eigenvalue weighted by atomic mass is 9.72.